The van der Waals surface area contributed by atoms with Gasteiger partial charge in [0.1, 0.15) is 5.82 Å². The van der Waals surface area contributed by atoms with E-state index in [4.69, 9.17) is 10.5 Å². The summed E-state index contributed by atoms with van der Waals surface area (Å²) in [7, 11) is 1.64. The molecule has 0 radical (unpaired) electrons. The average molecular weight is 338 g/mol. The molecule has 5 heteroatoms. The van der Waals surface area contributed by atoms with Crippen molar-refractivity contribution in [3.8, 4) is 0 Å². The Morgan fingerprint density at radius 1 is 1.56 bits per heavy atom. The monoisotopic (exact) mass is 338 g/mol. The summed E-state index contributed by atoms with van der Waals surface area (Å²) >= 11 is 1.92. The van der Waals surface area contributed by atoms with Gasteiger partial charge in [0.15, 0.2) is 0 Å². The Morgan fingerprint density at radius 3 is 2.81 bits per heavy atom. The molecule has 16 heavy (non-hydrogen) atoms. The van der Waals surface area contributed by atoms with Crippen molar-refractivity contribution in [2.75, 3.05) is 24.8 Å². The van der Waals surface area contributed by atoms with Gasteiger partial charge in [0, 0.05) is 19.2 Å². The minimum Gasteiger partial charge on any atom is -0.397 e. The Hall–Kier alpha value is -0.560. The zero-order valence-electron chi connectivity index (χ0n) is 9.39. The van der Waals surface area contributed by atoms with Gasteiger partial charge in [0.2, 0.25) is 0 Å². The fourth-order valence-electron chi connectivity index (χ4n) is 1.37. The van der Waals surface area contributed by atoms with Crippen LogP contribution in [0.1, 0.15) is 13.3 Å². The molecule has 0 aliphatic carbocycles. The van der Waals surface area contributed by atoms with Gasteiger partial charge >= 0.3 is 0 Å². The standard InChI is InChI=1S/C11H16FIN2O/c1-3-7(6-16-2)15-11-4-8(12)9(13)5-10(11)14/h4-5,7,15H,3,6,14H2,1-2H3. The highest BCUT2D eigenvalue weighted by atomic mass is 127. The van der Waals surface area contributed by atoms with Crippen LogP contribution < -0.4 is 11.1 Å². The topological polar surface area (TPSA) is 47.3 Å². The molecule has 90 valence electrons. The van der Waals surface area contributed by atoms with Gasteiger partial charge in [-0.3, -0.25) is 0 Å². The van der Waals surface area contributed by atoms with Crippen LogP contribution >= 0.6 is 22.6 Å². The minimum atomic E-state index is -0.260. The number of hydrogen-bond acceptors (Lipinski definition) is 3. The van der Waals surface area contributed by atoms with Gasteiger partial charge in [-0.15, -0.1) is 0 Å². The predicted octanol–water partition coefficient (Wildman–Crippen LogP) is 2.85. The van der Waals surface area contributed by atoms with Gasteiger partial charge in [-0.1, -0.05) is 6.92 Å². The minimum absolute atomic E-state index is 0.145. The maximum Gasteiger partial charge on any atom is 0.138 e. The van der Waals surface area contributed by atoms with Gasteiger partial charge in [-0.05, 0) is 35.1 Å². The molecule has 0 amide bonds. The van der Waals surface area contributed by atoms with E-state index in [-0.39, 0.29) is 11.9 Å². The predicted molar refractivity (Wildman–Crippen MR) is 73.1 cm³/mol. The summed E-state index contributed by atoms with van der Waals surface area (Å²) in [5.41, 5.74) is 7.00. The molecular weight excluding hydrogens is 322 g/mol. The maximum atomic E-state index is 13.4. The van der Waals surface area contributed by atoms with E-state index in [0.717, 1.165) is 6.42 Å². The Morgan fingerprint density at radius 2 is 2.25 bits per heavy atom. The van der Waals surface area contributed by atoms with Crippen molar-refractivity contribution in [2.24, 2.45) is 0 Å². The fraction of sp³-hybridized carbons (Fsp3) is 0.455. The highest BCUT2D eigenvalue weighted by molar-refractivity contribution is 14.1. The summed E-state index contributed by atoms with van der Waals surface area (Å²) in [6.45, 7) is 2.61. The number of nitrogens with one attached hydrogen (secondary N) is 1. The number of nitrogens with two attached hydrogens (primary N) is 1. The number of ether oxygens (including phenoxy) is 1. The SMILES string of the molecule is CCC(COC)Nc1cc(F)c(I)cc1N. The number of hydrogen-bond donors (Lipinski definition) is 2. The molecule has 0 aliphatic heterocycles. The number of rotatable bonds is 5. The Balaban J connectivity index is 2.83. The quantitative estimate of drug-likeness (QED) is 0.641. The first-order valence-electron chi connectivity index (χ1n) is 5.08. The third kappa shape index (κ3) is 3.48. The molecule has 0 aliphatic rings. The largest absolute Gasteiger partial charge is 0.397 e. The highest BCUT2D eigenvalue weighted by Gasteiger charge is 2.10. The molecule has 0 fully saturated rings. The van der Waals surface area contributed by atoms with Gasteiger partial charge in [0.25, 0.3) is 0 Å². The molecule has 0 spiro atoms. The molecule has 1 rings (SSSR count). The molecule has 3 N–H and O–H groups in total. The van der Waals surface area contributed by atoms with Crippen LogP contribution in [0.15, 0.2) is 12.1 Å². The summed E-state index contributed by atoms with van der Waals surface area (Å²) in [4.78, 5) is 0. The molecule has 3 nitrogen and oxygen atoms in total. The number of anilines is 2. The van der Waals surface area contributed by atoms with E-state index in [0.29, 0.717) is 21.6 Å². The lowest BCUT2D eigenvalue weighted by Gasteiger charge is -2.18. The normalized spacial score (nSPS) is 12.5. The van der Waals surface area contributed by atoms with Gasteiger partial charge in [0.05, 0.1) is 21.6 Å². The average Bonchev–Trinajstić information content (AvgIpc) is 2.25. The summed E-state index contributed by atoms with van der Waals surface area (Å²) in [5, 5.41) is 3.17. The van der Waals surface area contributed by atoms with E-state index in [1.54, 1.807) is 13.2 Å². The number of methoxy groups -OCH3 is 1. The zero-order valence-corrected chi connectivity index (χ0v) is 11.5. The van der Waals surface area contributed by atoms with Crippen molar-refractivity contribution in [1.82, 2.24) is 0 Å². The summed E-state index contributed by atoms with van der Waals surface area (Å²) < 4.78 is 19.0. The molecule has 1 aromatic carbocycles. The second kappa shape index (κ2) is 6.24. The molecule has 0 saturated heterocycles. The van der Waals surface area contributed by atoms with Crippen LogP contribution in [0.4, 0.5) is 15.8 Å². The third-order valence-corrected chi connectivity index (χ3v) is 3.14. The van der Waals surface area contributed by atoms with Crippen LogP contribution in [0, 0.1) is 9.39 Å². The Labute approximate surface area is 109 Å². The second-order valence-corrected chi connectivity index (χ2v) is 4.72. The van der Waals surface area contributed by atoms with E-state index in [2.05, 4.69) is 5.32 Å². The molecule has 1 unspecified atom stereocenters. The highest BCUT2D eigenvalue weighted by Crippen LogP contribution is 2.25. The van der Waals surface area contributed by atoms with E-state index in [1.165, 1.54) is 6.07 Å². The van der Waals surface area contributed by atoms with Crippen molar-refractivity contribution in [3.05, 3.63) is 21.5 Å². The first kappa shape index (κ1) is 13.5. The van der Waals surface area contributed by atoms with Crippen molar-refractivity contribution >= 4 is 34.0 Å². The molecule has 1 atom stereocenters. The van der Waals surface area contributed by atoms with Crippen LogP contribution in [-0.2, 0) is 4.74 Å². The van der Waals surface area contributed by atoms with Crippen LogP contribution in [0.3, 0.4) is 0 Å². The lowest BCUT2D eigenvalue weighted by molar-refractivity contribution is 0.184. The number of halogens is 2. The van der Waals surface area contributed by atoms with E-state index >= 15 is 0 Å². The van der Waals surface area contributed by atoms with E-state index in [1.807, 2.05) is 29.5 Å². The van der Waals surface area contributed by atoms with Gasteiger partial charge in [-0.2, -0.15) is 0 Å². The van der Waals surface area contributed by atoms with E-state index in [9.17, 15) is 4.39 Å². The van der Waals surface area contributed by atoms with Gasteiger partial charge in [-0.25, -0.2) is 4.39 Å². The number of benzene rings is 1. The smallest absolute Gasteiger partial charge is 0.138 e. The third-order valence-electron chi connectivity index (χ3n) is 2.31. The second-order valence-electron chi connectivity index (χ2n) is 3.56. The van der Waals surface area contributed by atoms with E-state index < -0.39 is 0 Å². The van der Waals surface area contributed by atoms with Crippen molar-refractivity contribution in [1.29, 1.82) is 0 Å². The van der Waals surface area contributed by atoms with Crippen LogP contribution in [-0.4, -0.2) is 19.8 Å². The molecule has 1 aromatic rings. The molecule has 0 aromatic heterocycles. The van der Waals surface area contributed by atoms with Crippen molar-refractivity contribution in [3.63, 3.8) is 0 Å². The Bertz CT molecular complexity index is 360. The van der Waals surface area contributed by atoms with Crippen LogP contribution in [0.5, 0.6) is 0 Å². The molecule has 0 saturated carbocycles. The van der Waals surface area contributed by atoms with Gasteiger partial charge < -0.3 is 15.8 Å². The lowest BCUT2D eigenvalue weighted by Crippen LogP contribution is -2.24. The van der Waals surface area contributed by atoms with Crippen LogP contribution in [0.25, 0.3) is 0 Å². The molecule has 0 heterocycles. The van der Waals surface area contributed by atoms with Crippen LogP contribution in [0.2, 0.25) is 0 Å². The molecular formula is C11H16FIN2O. The molecule has 0 bridgehead atoms. The fourth-order valence-corrected chi connectivity index (χ4v) is 1.86. The maximum absolute atomic E-state index is 13.4. The number of nitrogen functional groups attached to an aromatic ring is 1. The first-order chi connectivity index (χ1) is 7.58. The first-order valence-corrected chi connectivity index (χ1v) is 6.16. The Kier molecular flexibility index (Phi) is 5.27. The van der Waals surface area contributed by atoms with Crippen molar-refractivity contribution in [2.45, 2.75) is 19.4 Å². The summed E-state index contributed by atoms with van der Waals surface area (Å²) in [6.07, 6.45) is 0.890. The zero-order chi connectivity index (χ0) is 12.1. The summed E-state index contributed by atoms with van der Waals surface area (Å²) in [5.74, 6) is -0.260. The summed E-state index contributed by atoms with van der Waals surface area (Å²) in [6, 6.07) is 3.19. The lowest BCUT2D eigenvalue weighted by atomic mass is 10.2. The van der Waals surface area contributed by atoms with Crippen molar-refractivity contribution < 1.29 is 9.13 Å².